The Bertz CT molecular complexity index is 607. The highest BCUT2D eigenvalue weighted by molar-refractivity contribution is 5.79. The third kappa shape index (κ3) is 2.95. The molecule has 0 saturated heterocycles. The summed E-state index contributed by atoms with van der Waals surface area (Å²) in [7, 11) is 0. The first-order valence-corrected chi connectivity index (χ1v) is 5.48. The molecule has 0 aliphatic carbocycles. The van der Waals surface area contributed by atoms with Crippen molar-refractivity contribution in [2.45, 2.75) is 6.92 Å². The van der Waals surface area contributed by atoms with E-state index in [1.165, 1.54) is 30.6 Å². The smallest absolute Gasteiger partial charge is 0.284 e. The Morgan fingerprint density at radius 1 is 1.53 bits per heavy atom. The number of ether oxygens (including phenoxy) is 1. The fraction of sp³-hybridized carbons (Fsp3) is 0.167. The largest absolute Gasteiger partial charge is 0.484 e. The summed E-state index contributed by atoms with van der Waals surface area (Å²) >= 11 is 0. The Hall–Kier alpha value is -2.70. The minimum absolute atomic E-state index is 0.0192. The average molecular weight is 261 g/mol. The van der Waals surface area contributed by atoms with Gasteiger partial charge in [0.15, 0.2) is 6.61 Å². The Labute approximate surface area is 108 Å². The molecule has 0 radical (unpaired) electrons. The second kappa shape index (κ2) is 5.30. The molecule has 0 bridgehead atoms. The molecule has 2 rings (SSSR count). The van der Waals surface area contributed by atoms with Gasteiger partial charge in [-0.25, -0.2) is 4.68 Å². The summed E-state index contributed by atoms with van der Waals surface area (Å²) in [4.78, 5) is 21.8. The summed E-state index contributed by atoms with van der Waals surface area (Å²) < 4.78 is 6.44. The quantitative estimate of drug-likeness (QED) is 0.618. The fourth-order valence-electron chi connectivity index (χ4n) is 1.55. The molecule has 0 saturated carbocycles. The van der Waals surface area contributed by atoms with Crippen LogP contribution in [-0.4, -0.2) is 27.2 Å². The summed E-state index contributed by atoms with van der Waals surface area (Å²) in [6.07, 6.45) is 3.01. The van der Waals surface area contributed by atoms with E-state index in [4.69, 9.17) is 4.74 Å². The molecular formula is C12H11N3O4. The third-order valence-electron chi connectivity index (χ3n) is 2.49. The SMILES string of the molecule is Cc1cc(OCC(=O)n2cccn2)ccc1[N+](=O)[O-]. The highest BCUT2D eigenvalue weighted by Crippen LogP contribution is 2.22. The molecular weight excluding hydrogens is 250 g/mol. The number of nitro groups is 1. The van der Waals surface area contributed by atoms with Crippen LogP contribution in [0.15, 0.2) is 36.7 Å². The number of rotatable bonds is 4. The van der Waals surface area contributed by atoms with Crippen LogP contribution in [0.4, 0.5) is 5.69 Å². The van der Waals surface area contributed by atoms with Gasteiger partial charge in [0, 0.05) is 24.0 Å². The Morgan fingerprint density at radius 3 is 2.89 bits per heavy atom. The first-order valence-electron chi connectivity index (χ1n) is 5.48. The first kappa shape index (κ1) is 12.7. The lowest BCUT2D eigenvalue weighted by Crippen LogP contribution is -2.19. The van der Waals surface area contributed by atoms with Gasteiger partial charge in [-0.2, -0.15) is 5.10 Å². The van der Waals surface area contributed by atoms with Crippen molar-refractivity contribution >= 4 is 11.6 Å². The lowest BCUT2D eigenvalue weighted by molar-refractivity contribution is -0.385. The molecule has 1 heterocycles. The molecule has 1 aromatic heterocycles. The zero-order chi connectivity index (χ0) is 13.8. The highest BCUT2D eigenvalue weighted by Gasteiger charge is 2.12. The van der Waals surface area contributed by atoms with Gasteiger partial charge in [-0.15, -0.1) is 0 Å². The van der Waals surface area contributed by atoms with Crippen molar-refractivity contribution in [2.75, 3.05) is 6.61 Å². The van der Waals surface area contributed by atoms with E-state index in [0.29, 0.717) is 11.3 Å². The Balaban J connectivity index is 2.02. The van der Waals surface area contributed by atoms with Crippen LogP contribution in [0.5, 0.6) is 5.75 Å². The second-order valence-electron chi connectivity index (χ2n) is 3.84. The molecule has 0 N–H and O–H groups in total. The number of carbonyl (C=O) groups excluding carboxylic acids is 1. The monoisotopic (exact) mass is 261 g/mol. The van der Waals surface area contributed by atoms with Crippen LogP contribution in [0.3, 0.4) is 0 Å². The lowest BCUT2D eigenvalue weighted by Gasteiger charge is -2.06. The summed E-state index contributed by atoms with van der Waals surface area (Å²) in [5, 5.41) is 14.4. The predicted molar refractivity (Wildman–Crippen MR) is 66.2 cm³/mol. The topological polar surface area (TPSA) is 87.3 Å². The summed E-state index contributed by atoms with van der Waals surface area (Å²) in [5.41, 5.74) is 0.500. The van der Waals surface area contributed by atoms with Crippen LogP contribution >= 0.6 is 0 Å². The van der Waals surface area contributed by atoms with Crippen molar-refractivity contribution in [3.8, 4) is 5.75 Å². The third-order valence-corrected chi connectivity index (χ3v) is 2.49. The number of hydrogen-bond donors (Lipinski definition) is 0. The molecule has 0 amide bonds. The molecule has 2 aromatic rings. The minimum atomic E-state index is -0.464. The van der Waals surface area contributed by atoms with Crippen LogP contribution in [0.2, 0.25) is 0 Å². The molecule has 98 valence electrons. The molecule has 19 heavy (non-hydrogen) atoms. The number of hydrogen-bond acceptors (Lipinski definition) is 5. The number of benzene rings is 1. The number of carbonyl (C=O) groups is 1. The van der Waals surface area contributed by atoms with Gasteiger partial charge in [-0.3, -0.25) is 14.9 Å². The number of nitro benzene ring substituents is 1. The molecule has 7 heteroatoms. The number of aryl methyl sites for hydroxylation is 1. The normalized spacial score (nSPS) is 10.2. The van der Waals surface area contributed by atoms with Crippen LogP contribution in [0.25, 0.3) is 0 Å². The summed E-state index contributed by atoms with van der Waals surface area (Å²) in [6.45, 7) is 1.43. The van der Waals surface area contributed by atoms with E-state index >= 15 is 0 Å². The molecule has 0 atom stereocenters. The summed E-state index contributed by atoms with van der Waals surface area (Å²) in [5.74, 6) is 0.0876. The second-order valence-corrected chi connectivity index (χ2v) is 3.84. The standard InChI is InChI=1S/C12H11N3O4/c1-9-7-10(3-4-11(9)15(17)18)19-8-12(16)14-6-2-5-13-14/h2-7H,8H2,1H3. The van der Waals surface area contributed by atoms with Crippen molar-refractivity contribution in [2.24, 2.45) is 0 Å². The first-order chi connectivity index (χ1) is 9.08. The van der Waals surface area contributed by atoms with E-state index in [1.54, 1.807) is 13.0 Å². The van der Waals surface area contributed by atoms with Gasteiger partial charge in [0.2, 0.25) is 0 Å². The average Bonchev–Trinajstić information content (AvgIpc) is 2.89. The van der Waals surface area contributed by atoms with E-state index in [-0.39, 0.29) is 18.2 Å². The summed E-state index contributed by atoms with van der Waals surface area (Å²) in [6, 6.07) is 5.97. The molecule has 0 aliphatic rings. The molecule has 0 aliphatic heterocycles. The van der Waals surface area contributed by atoms with Crippen molar-refractivity contribution in [1.29, 1.82) is 0 Å². The molecule has 7 nitrogen and oxygen atoms in total. The van der Waals surface area contributed by atoms with Crippen LogP contribution in [0, 0.1) is 17.0 Å². The number of aromatic nitrogens is 2. The maximum Gasteiger partial charge on any atom is 0.284 e. The van der Waals surface area contributed by atoms with E-state index in [0.717, 1.165) is 4.68 Å². The van der Waals surface area contributed by atoms with Crippen molar-refractivity contribution in [1.82, 2.24) is 9.78 Å². The van der Waals surface area contributed by atoms with Gasteiger partial charge in [0.1, 0.15) is 5.75 Å². The van der Waals surface area contributed by atoms with Gasteiger partial charge in [-0.1, -0.05) is 0 Å². The van der Waals surface area contributed by atoms with Crippen LogP contribution < -0.4 is 4.74 Å². The van der Waals surface area contributed by atoms with Gasteiger partial charge >= 0.3 is 0 Å². The van der Waals surface area contributed by atoms with Crippen LogP contribution in [0.1, 0.15) is 10.4 Å². The zero-order valence-corrected chi connectivity index (χ0v) is 10.1. The Morgan fingerprint density at radius 2 is 2.32 bits per heavy atom. The fourth-order valence-corrected chi connectivity index (χ4v) is 1.55. The minimum Gasteiger partial charge on any atom is -0.484 e. The van der Waals surface area contributed by atoms with E-state index in [1.807, 2.05) is 0 Å². The van der Waals surface area contributed by atoms with E-state index < -0.39 is 4.92 Å². The zero-order valence-electron chi connectivity index (χ0n) is 10.1. The van der Waals surface area contributed by atoms with Crippen molar-refractivity contribution in [3.63, 3.8) is 0 Å². The molecule has 0 spiro atoms. The van der Waals surface area contributed by atoms with E-state index in [2.05, 4.69) is 5.10 Å². The Kier molecular flexibility index (Phi) is 3.56. The maximum absolute atomic E-state index is 11.6. The highest BCUT2D eigenvalue weighted by atomic mass is 16.6. The number of nitrogens with zero attached hydrogens (tertiary/aromatic N) is 3. The molecule has 0 unspecified atom stereocenters. The lowest BCUT2D eigenvalue weighted by atomic mass is 10.2. The van der Waals surface area contributed by atoms with Gasteiger partial charge < -0.3 is 4.74 Å². The van der Waals surface area contributed by atoms with Crippen LogP contribution in [-0.2, 0) is 0 Å². The molecule has 0 fully saturated rings. The van der Waals surface area contributed by atoms with Gasteiger partial charge in [0.05, 0.1) is 4.92 Å². The van der Waals surface area contributed by atoms with Crippen molar-refractivity contribution < 1.29 is 14.5 Å². The molecule has 1 aromatic carbocycles. The van der Waals surface area contributed by atoms with Gasteiger partial charge in [0.25, 0.3) is 11.6 Å². The maximum atomic E-state index is 11.6. The van der Waals surface area contributed by atoms with E-state index in [9.17, 15) is 14.9 Å². The van der Waals surface area contributed by atoms with Crippen molar-refractivity contribution in [3.05, 3.63) is 52.3 Å². The predicted octanol–water partition coefficient (Wildman–Crippen LogP) is 1.82. The van der Waals surface area contributed by atoms with Gasteiger partial charge in [-0.05, 0) is 25.1 Å².